The summed E-state index contributed by atoms with van der Waals surface area (Å²) in [7, 11) is 0. The van der Waals surface area contributed by atoms with Gasteiger partial charge in [0.15, 0.2) is 5.96 Å². The number of carboxylic acids is 1. The number of nitrogens with one attached hydrogen (secondary N) is 9. The third-order valence-corrected chi connectivity index (χ3v) is 13.3. The van der Waals surface area contributed by atoms with Gasteiger partial charge in [-0.1, -0.05) is 80.4 Å². The molecule has 0 aliphatic carbocycles. The normalized spacial score (nSPS) is 15.0. The summed E-state index contributed by atoms with van der Waals surface area (Å²) in [5.41, 5.74) is 33.6. The first kappa shape index (κ1) is 72.4. The first-order valence-electron chi connectivity index (χ1n) is 27.1. The Morgan fingerprint density at radius 1 is 0.506 bits per heavy atom. The second-order valence-electron chi connectivity index (χ2n) is 20.8. The van der Waals surface area contributed by atoms with E-state index in [9.17, 15) is 72.5 Å². The lowest BCUT2D eigenvalue weighted by Gasteiger charge is -2.30. The van der Waals surface area contributed by atoms with Crippen LogP contribution in [0.2, 0.25) is 0 Å². The lowest BCUT2D eigenvalue weighted by Crippen LogP contribution is -2.62. The highest BCUT2D eigenvalue weighted by Crippen LogP contribution is 2.15. The maximum atomic E-state index is 14.2. The van der Waals surface area contributed by atoms with Crippen molar-refractivity contribution in [2.75, 3.05) is 13.1 Å². The molecular weight excluding hydrogens is 1090 g/mol. The number of hydrogen-bond acceptors (Lipinski definition) is 16. The average molecular weight is 1180 g/mol. The Kier molecular flexibility index (Phi) is 31.4. The number of aliphatic carboxylic acids is 1. The Bertz CT molecular complexity index is 2470. The molecule has 1 rings (SSSR count). The number of carbonyl (C=O) groups excluding carboxylic acids is 12. The van der Waals surface area contributed by atoms with Crippen LogP contribution in [0.25, 0.3) is 0 Å². The highest BCUT2D eigenvalue weighted by atomic mass is 16.4. The van der Waals surface area contributed by atoms with Gasteiger partial charge >= 0.3 is 5.97 Å². The van der Waals surface area contributed by atoms with Gasteiger partial charge in [0.05, 0.1) is 25.4 Å². The van der Waals surface area contributed by atoms with Crippen LogP contribution in [0.3, 0.4) is 0 Å². The van der Waals surface area contributed by atoms with Gasteiger partial charge in [0.25, 0.3) is 0 Å². The maximum absolute atomic E-state index is 14.2. The molecule has 23 N–H and O–H groups in total. The minimum atomic E-state index is -1.75. The summed E-state index contributed by atoms with van der Waals surface area (Å²) < 4.78 is 0. The molecule has 0 saturated carbocycles. The Balaban J connectivity index is 3.42. The predicted molar refractivity (Wildman–Crippen MR) is 300 cm³/mol. The second-order valence-corrected chi connectivity index (χ2v) is 20.8. The Morgan fingerprint density at radius 3 is 1.39 bits per heavy atom. The van der Waals surface area contributed by atoms with Gasteiger partial charge < -0.3 is 92.5 Å². The molecule has 0 spiro atoms. The molecule has 0 heterocycles. The monoisotopic (exact) mass is 1170 g/mol. The summed E-state index contributed by atoms with van der Waals surface area (Å²) in [6, 6.07) is -7.58. The molecule has 11 atom stereocenters. The quantitative estimate of drug-likeness (QED) is 0.0167. The number of phenols is 1. The van der Waals surface area contributed by atoms with Gasteiger partial charge in [-0.15, -0.1) is 0 Å². The van der Waals surface area contributed by atoms with Crippen LogP contribution in [0.4, 0.5) is 0 Å². The molecule has 0 aromatic heterocycles. The number of hydrogen-bond donors (Lipinski definition) is 17. The zero-order chi connectivity index (χ0) is 63.4. The number of amides is 12. The molecule has 0 unspecified atom stereocenters. The van der Waals surface area contributed by atoms with Crippen LogP contribution >= 0.6 is 0 Å². The minimum absolute atomic E-state index is 0.0375. The Morgan fingerprint density at radius 2 is 0.940 bits per heavy atom. The Hall–Kier alpha value is -8.64. The fourth-order valence-electron chi connectivity index (χ4n) is 7.81. The number of aromatic hydroxyl groups is 1. The maximum Gasteiger partial charge on any atom is 0.326 e. The van der Waals surface area contributed by atoms with Crippen LogP contribution < -0.4 is 82.3 Å². The first-order valence-corrected chi connectivity index (χ1v) is 27.1. The highest BCUT2D eigenvalue weighted by molar-refractivity contribution is 6.00. The molecule has 31 nitrogen and oxygen atoms in total. The number of rotatable bonds is 38. The molecular formula is C52H86N16O15. The van der Waals surface area contributed by atoms with E-state index < -0.39 is 168 Å². The van der Waals surface area contributed by atoms with Gasteiger partial charge in [0, 0.05) is 19.4 Å². The van der Waals surface area contributed by atoms with E-state index in [0.717, 1.165) is 0 Å². The molecule has 0 bridgehead atoms. The number of nitrogens with two attached hydrogens (primary N) is 6. The van der Waals surface area contributed by atoms with Crippen LogP contribution in [0.1, 0.15) is 112 Å². The van der Waals surface area contributed by atoms with Gasteiger partial charge in [0.1, 0.15) is 54.1 Å². The third-order valence-electron chi connectivity index (χ3n) is 13.3. The van der Waals surface area contributed by atoms with E-state index in [0.29, 0.717) is 5.56 Å². The van der Waals surface area contributed by atoms with Crippen LogP contribution in [-0.4, -0.2) is 160 Å². The molecule has 0 radical (unpaired) electrons. The molecule has 83 heavy (non-hydrogen) atoms. The fraction of sp³-hybridized carbons (Fsp3) is 0.615. The Labute approximate surface area is 481 Å². The van der Waals surface area contributed by atoms with Crippen molar-refractivity contribution in [3.05, 3.63) is 29.8 Å². The number of primary amides is 3. The summed E-state index contributed by atoms with van der Waals surface area (Å²) >= 11 is 0. The van der Waals surface area contributed by atoms with Crippen molar-refractivity contribution in [3.8, 4) is 5.75 Å². The molecule has 1 aromatic carbocycles. The minimum Gasteiger partial charge on any atom is -0.508 e. The second kappa shape index (κ2) is 36.0. The molecule has 0 aliphatic rings. The molecule has 31 heteroatoms. The topological polar surface area (TPSA) is 539 Å². The summed E-state index contributed by atoms with van der Waals surface area (Å²) in [6.45, 7) is 12.0. The molecule has 12 amide bonds. The highest BCUT2D eigenvalue weighted by Gasteiger charge is 2.37. The van der Waals surface area contributed by atoms with E-state index in [1.807, 2.05) is 0 Å². The number of carbonyl (C=O) groups is 13. The molecule has 0 saturated heterocycles. The van der Waals surface area contributed by atoms with Crippen LogP contribution in [0.15, 0.2) is 29.3 Å². The summed E-state index contributed by atoms with van der Waals surface area (Å²) in [5.74, 6) is -15.7. The average Bonchev–Trinajstić information content (AvgIpc) is 3.50. The molecule has 0 fully saturated rings. The third kappa shape index (κ3) is 26.7. The van der Waals surface area contributed by atoms with E-state index in [-0.39, 0.29) is 69.1 Å². The summed E-state index contributed by atoms with van der Waals surface area (Å²) in [4.78, 5) is 175. The first-order chi connectivity index (χ1) is 38.7. The number of phenolic OH excluding ortho intramolecular Hbond substituents is 1. The van der Waals surface area contributed by atoms with Gasteiger partial charge in [-0.3, -0.25) is 62.5 Å². The van der Waals surface area contributed by atoms with Crippen molar-refractivity contribution in [2.45, 2.75) is 168 Å². The fourth-order valence-corrected chi connectivity index (χ4v) is 7.81. The molecule has 1 aromatic rings. The van der Waals surface area contributed by atoms with Crippen molar-refractivity contribution >= 4 is 82.8 Å². The van der Waals surface area contributed by atoms with Crippen molar-refractivity contribution < 1.29 is 72.5 Å². The van der Waals surface area contributed by atoms with E-state index in [4.69, 9.17) is 34.4 Å². The lowest BCUT2D eigenvalue weighted by molar-refractivity contribution is -0.142. The number of carboxylic acid groups (broad SMARTS) is 1. The van der Waals surface area contributed by atoms with Gasteiger partial charge in [-0.05, 0) is 60.6 Å². The smallest absolute Gasteiger partial charge is 0.326 e. The summed E-state index contributed by atoms with van der Waals surface area (Å²) in [5, 5.41) is 41.3. The summed E-state index contributed by atoms with van der Waals surface area (Å²) in [6.07, 6.45) is -2.00. The van der Waals surface area contributed by atoms with E-state index in [1.54, 1.807) is 41.5 Å². The zero-order valence-corrected chi connectivity index (χ0v) is 48.2. The molecule has 0 aliphatic heterocycles. The SMILES string of the molecule is CC[C@H](C)[C@H](NC(=O)[C@H](CC(N)=O)NC(=O)[C@@H](NC(=O)[C@H](CCC(N)=O)NC(=O)[C@@H](N)C(C)C)[C@@H](C)CC)C(=O)N[C@@H](CCCN=C(N)N)C(=O)NCC(=O)N[C@@H](CC(N)=O)C(=O)N[C@H](C(=O)N[C@@H](Cc1ccc(O)cc1)C(=O)O)C(C)C. The van der Waals surface area contributed by atoms with Crippen molar-refractivity contribution in [2.24, 2.45) is 63.1 Å². The van der Waals surface area contributed by atoms with E-state index >= 15 is 0 Å². The van der Waals surface area contributed by atoms with Gasteiger partial charge in [-0.2, -0.15) is 0 Å². The standard InChI is InChI=1S/C52H86N16O15/c1-9-26(7)41(68-46(77)33(22-37(55)72)64-50(81)42(27(8)10-2)67-44(75)31(17-18-35(53)70)62-47(78)39(56)24(3)4)49(80)63-30(12-11-19-59-52(57)58)43(74)60-23-38(73)61-32(21-36(54)71)45(76)66-40(25(5)6)48(79)65-34(51(82)83)20-28-13-15-29(69)16-14-28/h13-16,24-27,30-34,39-42,69H,9-12,17-23,56H2,1-8H3,(H2,53,70)(H2,54,71)(H2,55,72)(H,60,74)(H,61,73)(H,62,78)(H,63,80)(H,64,81)(H,65,79)(H,66,76)(H,67,75)(H,68,77)(H,82,83)(H4,57,58,59)/t26-,27-,30-,31-,32-,33-,34-,39-,40-,41-,42-/m0/s1. The molecule has 464 valence electrons. The van der Waals surface area contributed by atoms with E-state index in [2.05, 4.69) is 52.8 Å². The van der Waals surface area contributed by atoms with Crippen LogP contribution in [-0.2, 0) is 68.7 Å². The van der Waals surface area contributed by atoms with Crippen molar-refractivity contribution in [1.82, 2.24) is 47.9 Å². The number of guanidine groups is 1. The predicted octanol–water partition coefficient (Wildman–Crippen LogP) is -5.18. The van der Waals surface area contributed by atoms with E-state index in [1.165, 1.54) is 38.1 Å². The van der Waals surface area contributed by atoms with Crippen molar-refractivity contribution in [1.29, 1.82) is 0 Å². The van der Waals surface area contributed by atoms with Gasteiger partial charge in [-0.25, -0.2) is 4.79 Å². The largest absolute Gasteiger partial charge is 0.508 e. The number of aliphatic imine (C=N–C) groups is 1. The lowest BCUT2D eigenvalue weighted by atomic mass is 9.96. The number of benzene rings is 1. The van der Waals surface area contributed by atoms with Crippen molar-refractivity contribution in [3.63, 3.8) is 0 Å². The van der Waals surface area contributed by atoms with Crippen LogP contribution in [0.5, 0.6) is 5.75 Å². The zero-order valence-electron chi connectivity index (χ0n) is 48.2. The van der Waals surface area contributed by atoms with Gasteiger partial charge in [0.2, 0.25) is 70.9 Å². The van der Waals surface area contributed by atoms with Crippen LogP contribution in [0, 0.1) is 23.7 Å². The number of nitrogens with zero attached hydrogens (tertiary/aromatic N) is 1.